The van der Waals surface area contributed by atoms with Crippen LogP contribution < -0.4 is 0 Å². The van der Waals surface area contributed by atoms with Crippen LogP contribution >= 0.6 is 0 Å². The number of hydrogen-bond donors (Lipinski definition) is 0. The predicted molar refractivity (Wildman–Crippen MR) is 178 cm³/mol. The van der Waals surface area contributed by atoms with E-state index in [0.717, 1.165) is 16.7 Å². The van der Waals surface area contributed by atoms with Crippen molar-refractivity contribution in [3.8, 4) is 44.5 Å². The standard InChI is InChI=1S/C42H26.Y/c1-2-12-29(13-3-1)32-16-10-18-35(27-32)41-37-20-6-8-22-39(37)42(40-23-9-7-21-38(40)41)36-19-11-17-33(28-36)34-25-24-30-14-4-5-15-31(30)26-34;/h1-12,14-26,28H;/q-2;. The van der Waals surface area contributed by atoms with Gasteiger partial charge in [0.1, 0.15) is 0 Å². The first-order chi connectivity index (χ1) is 20.8. The van der Waals surface area contributed by atoms with E-state index in [9.17, 15) is 0 Å². The Balaban J connectivity index is 0.00000300. The first-order valence-electron chi connectivity index (χ1n) is 14.4. The van der Waals surface area contributed by atoms with E-state index in [2.05, 4.69) is 158 Å². The molecule has 0 spiro atoms. The molecule has 0 heterocycles. The summed E-state index contributed by atoms with van der Waals surface area (Å²) in [5, 5.41) is 7.46. The van der Waals surface area contributed by atoms with Gasteiger partial charge in [-0.15, -0.1) is 23.8 Å². The van der Waals surface area contributed by atoms with Crippen molar-refractivity contribution >= 4 is 32.3 Å². The van der Waals surface area contributed by atoms with Gasteiger partial charge >= 0.3 is 0 Å². The molecule has 8 aromatic rings. The van der Waals surface area contributed by atoms with Crippen LogP contribution in [0.1, 0.15) is 0 Å². The largest absolute Gasteiger partial charge is 0.209 e. The SMILES string of the molecule is [Y].[c-]1ccccc1-c1[c-]c(-c2c3ccccc3c(-c3cccc(-c4ccc5ccccc5c4)c3)c3ccccc23)ccc1. The minimum atomic E-state index is 0. The molecular weight excluding hydrogens is 593 g/mol. The van der Waals surface area contributed by atoms with Crippen molar-refractivity contribution in [2.24, 2.45) is 0 Å². The molecule has 0 unspecified atom stereocenters. The summed E-state index contributed by atoms with van der Waals surface area (Å²) in [6.45, 7) is 0. The molecule has 199 valence electrons. The summed E-state index contributed by atoms with van der Waals surface area (Å²) < 4.78 is 0. The molecule has 0 aliphatic rings. The molecule has 0 saturated heterocycles. The van der Waals surface area contributed by atoms with Gasteiger partial charge in [-0.25, -0.2) is 5.56 Å². The second kappa shape index (κ2) is 11.7. The number of rotatable bonds is 4. The smallest absolute Gasteiger partial charge is 0 e. The molecule has 1 heteroatoms. The average Bonchev–Trinajstić information content (AvgIpc) is 3.07. The maximum Gasteiger partial charge on any atom is 0 e. The molecule has 0 amide bonds. The zero-order valence-electron chi connectivity index (χ0n) is 23.6. The van der Waals surface area contributed by atoms with Crippen LogP contribution in [0, 0.1) is 12.1 Å². The summed E-state index contributed by atoms with van der Waals surface area (Å²) in [6.07, 6.45) is 0. The zero-order valence-corrected chi connectivity index (χ0v) is 26.4. The third-order valence-corrected chi connectivity index (χ3v) is 8.23. The number of fused-ring (bicyclic) bond motifs is 3. The molecule has 43 heavy (non-hydrogen) atoms. The van der Waals surface area contributed by atoms with Crippen molar-refractivity contribution < 1.29 is 32.7 Å². The minimum Gasteiger partial charge on any atom is -0.209 e. The van der Waals surface area contributed by atoms with Gasteiger partial charge in [0.15, 0.2) is 0 Å². The summed E-state index contributed by atoms with van der Waals surface area (Å²) in [5.74, 6) is 0. The van der Waals surface area contributed by atoms with Gasteiger partial charge in [-0.3, -0.25) is 0 Å². The van der Waals surface area contributed by atoms with Gasteiger partial charge in [0.25, 0.3) is 0 Å². The summed E-state index contributed by atoms with van der Waals surface area (Å²) in [7, 11) is 0. The van der Waals surface area contributed by atoms with Crippen LogP contribution in [0.3, 0.4) is 0 Å². The van der Waals surface area contributed by atoms with Crippen LogP contribution in [0.5, 0.6) is 0 Å². The van der Waals surface area contributed by atoms with E-state index in [1.807, 2.05) is 12.1 Å². The Labute approximate surface area is 277 Å². The van der Waals surface area contributed by atoms with Crippen molar-refractivity contribution in [3.05, 3.63) is 170 Å². The van der Waals surface area contributed by atoms with Crippen molar-refractivity contribution in [3.63, 3.8) is 0 Å². The molecule has 1 radical (unpaired) electrons. The monoisotopic (exact) mass is 619 g/mol. The fourth-order valence-corrected chi connectivity index (χ4v) is 6.29. The zero-order chi connectivity index (χ0) is 27.9. The molecule has 8 aromatic carbocycles. The van der Waals surface area contributed by atoms with E-state index in [0.29, 0.717) is 0 Å². The topological polar surface area (TPSA) is 0 Å². The summed E-state index contributed by atoms with van der Waals surface area (Å²) in [6, 6.07) is 63.5. The van der Waals surface area contributed by atoms with Crippen LogP contribution in [0.15, 0.2) is 158 Å². The molecule has 0 bridgehead atoms. The van der Waals surface area contributed by atoms with Crippen LogP contribution in [-0.2, 0) is 32.7 Å². The Morgan fingerprint density at radius 1 is 0.349 bits per heavy atom. The summed E-state index contributed by atoms with van der Waals surface area (Å²) >= 11 is 0. The molecule has 0 saturated carbocycles. The van der Waals surface area contributed by atoms with E-state index >= 15 is 0 Å². The molecule has 0 fully saturated rings. The Hall–Kier alpha value is -4.36. The average molecular weight is 620 g/mol. The maximum atomic E-state index is 3.73. The number of benzene rings is 8. The first-order valence-corrected chi connectivity index (χ1v) is 14.4. The molecule has 0 nitrogen and oxygen atoms in total. The predicted octanol–water partition coefficient (Wildman–Crippen LogP) is 11.4. The summed E-state index contributed by atoms with van der Waals surface area (Å²) in [4.78, 5) is 0. The van der Waals surface area contributed by atoms with Crippen molar-refractivity contribution in [1.82, 2.24) is 0 Å². The van der Waals surface area contributed by atoms with Gasteiger partial charge in [-0.1, -0.05) is 109 Å². The molecular formula is C42H26Y-2. The van der Waals surface area contributed by atoms with Crippen molar-refractivity contribution in [2.75, 3.05) is 0 Å². The second-order valence-electron chi connectivity index (χ2n) is 10.7. The Morgan fingerprint density at radius 2 is 0.907 bits per heavy atom. The van der Waals surface area contributed by atoms with E-state index < -0.39 is 0 Å². The van der Waals surface area contributed by atoms with Crippen LogP contribution in [-0.4, -0.2) is 0 Å². The van der Waals surface area contributed by atoms with Gasteiger partial charge in [0.2, 0.25) is 0 Å². The van der Waals surface area contributed by atoms with Crippen LogP contribution in [0.2, 0.25) is 0 Å². The van der Waals surface area contributed by atoms with Crippen molar-refractivity contribution in [2.45, 2.75) is 0 Å². The Kier molecular flexibility index (Phi) is 7.50. The Morgan fingerprint density at radius 3 is 1.63 bits per heavy atom. The quantitative estimate of drug-likeness (QED) is 0.136. The fourth-order valence-electron chi connectivity index (χ4n) is 6.29. The number of hydrogen-bond acceptors (Lipinski definition) is 0. The van der Waals surface area contributed by atoms with Gasteiger partial charge in [0.05, 0.1) is 0 Å². The van der Waals surface area contributed by atoms with Gasteiger partial charge < -0.3 is 0 Å². The maximum absolute atomic E-state index is 3.73. The first kappa shape index (κ1) is 27.5. The van der Waals surface area contributed by atoms with E-state index in [-0.39, 0.29) is 32.7 Å². The van der Waals surface area contributed by atoms with E-state index in [1.165, 1.54) is 60.1 Å². The van der Waals surface area contributed by atoms with E-state index in [1.54, 1.807) is 0 Å². The van der Waals surface area contributed by atoms with Crippen LogP contribution in [0.25, 0.3) is 76.8 Å². The van der Waals surface area contributed by atoms with Gasteiger partial charge in [-0.05, 0) is 66.7 Å². The fraction of sp³-hybridized carbons (Fsp3) is 0. The minimum absolute atomic E-state index is 0. The van der Waals surface area contributed by atoms with E-state index in [4.69, 9.17) is 0 Å². The molecule has 0 N–H and O–H groups in total. The molecule has 0 aromatic heterocycles. The Bertz CT molecular complexity index is 2190. The van der Waals surface area contributed by atoms with Gasteiger partial charge in [-0.2, -0.15) is 42.0 Å². The van der Waals surface area contributed by atoms with Gasteiger partial charge in [0, 0.05) is 32.7 Å². The molecule has 0 atom stereocenters. The third-order valence-electron chi connectivity index (χ3n) is 8.23. The molecule has 0 aliphatic carbocycles. The third kappa shape index (κ3) is 5.02. The molecule has 8 rings (SSSR count). The normalized spacial score (nSPS) is 11.1. The summed E-state index contributed by atoms with van der Waals surface area (Å²) in [5.41, 5.74) is 9.34. The molecule has 0 aliphatic heterocycles. The van der Waals surface area contributed by atoms with Crippen molar-refractivity contribution in [1.29, 1.82) is 0 Å². The van der Waals surface area contributed by atoms with Crippen LogP contribution in [0.4, 0.5) is 0 Å². The second-order valence-corrected chi connectivity index (χ2v) is 10.7.